The molecule has 0 saturated carbocycles. The fourth-order valence-electron chi connectivity index (χ4n) is 0.983. The van der Waals surface area contributed by atoms with Gasteiger partial charge in [-0.2, -0.15) is 5.26 Å². The normalized spacial score (nSPS) is 8.38. The average molecular weight is 199 g/mol. The number of methoxy groups -OCH3 is 1. The Balaban J connectivity index is 0.00000144. The zero-order chi connectivity index (χ0) is 8.97. The van der Waals surface area contributed by atoms with Crippen LogP contribution in [0.4, 0.5) is 0 Å². The van der Waals surface area contributed by atoms with Crippen LogP contribution in [0.1, 0.15) is 11.1 Å². The minimum Gasteiger partial charge on any atom is -0.496 e. The van der Waals surface area contributed by atoms with Crippen molar-refractivity contribution >= 4 is 12.4 Å². The van der Waals surface area contributed by atoms with E-state index in [1.54, 1.807) is 25.3 Å². The maximum atomic E-state index is 8.58. The molecule has 2 N–H and O–H groups in total. The summed E-state index contributed by atoms with van der Waals surface area (Å²) in [5, 5.41) is 8.58. The third-order valence-electron chi connectivity index (χ3n) is 1.64. The van der Waals surface area contributed by atoms with Crippen LogP contribution in [0.5, 0.6) is 5.75 Å². The van der Waals surface area contributed by atoms with Crippen molar-refractivity contribution in [3.8, 4) is 11.8 Å². The molecule has 0 unspecified atom stereocenters. The summed E-state index contributed by atoms with van der Waals surface area (Å²) < 4.78 is 5.05. The van der Waals surface area contributed by atoms with Crippen LogP contribution in [0.25, 0.3) is 0 Å². The summed E-state index contributed by atoms with van der Waals surface area (Å²) in [6.07, 6.45) is 0. The number of rotatable bonds is 2. The Morgan fingerprint density at radius 1 is 1.54 bits per heavy atom. The fraction of sp³-hybridized carbons (Fsp3) is 0.222. The van der Waals surface area contributed by atoms with Gasteiger partial charge in [-0.15, -0.1) is 12.4 Å². The van der Waals surface area contributed by atoms with Crippen molar-refractivity contribution in [1.82, 2.24) is 0 Å². The monoisotopic (exact) mass is 198 g/mol. The second-order valence-corrected chi connectivity index (χ2v) is 2.34. The number of hydrogen-bond donors (Lipinski definition) is 1. The van der Waals surface area contributed by atoms with Gasteiger partial charge < -0.3 is 10.5 Å². The number of nitrogens with two attached hydrogens (primary N) is 1. The van der Waals surface area contributed by atoms with Gasteiger partial charge in [0.25, 0.3) is 0 Å². The summed E-state index contributed by atoms with van der Waals surface area (Å²) in [6.45, 7) is 0.425. The predicted molar refractivity (Wildman–Crippen MR) is 52.8 cm³/mol. The molecule has 0 atom stereocenters. The lowest BCUT2D eigenvalue weighted by Gasteiger charge is -2.05. The zero-order valence-corrected chi connectivity index (χ0v) is 8.10. The second-order valence-electron chi connectivity index (χ2n) is 2.34. The van der Waals surface area contributed by atoms with Crippen LogP contribution >= 0.6 is 12.4 Å². The molecule has 13 heavy (non-hydrogen) atoms. The molecule has 0 aliphatic heterocycles. The summed E-state index contributed by atoms with van der Waals surface area (Å²) >= 11 is 0. The van der Waals surface area contributed by atoms with E-state index >= 15 is 0 Å². The van der Waals surface area contributed by atoms with Gasteiger partial charge in [-0.05, 0) is 12.1 Å². The van der Waals surface area contributed by atoms with Crippen molar-refractivity contribution in [2.45, 2.75) is 6.54 Å². The van der Waals surface area contributed by atoms with Gasteiger partial charge in [-0.25, -0.2) is 0 Å². The number of benzene rings is 1. The molecular formula is C9H11ClN2O. The van der Waals surface area contributed by atoms with Crippen LogP contribution < -0.4 is 10.5 Å². The third kappa shape index (κ3) is 2.62. The van der Waals surface area contributed by atoms with Gasteiger partial charge in [-0.1, -0.05) is 6.07 Å². The van der Waals surface area contributed by atoms with E-state index in [0.717, 1.165) is 5.56 Å². The molecule has 0 heterocycles. The Bertz CT molecular complexity index is 320. The van der Waals surface area contributed by atoms with Gasteiger partial charge in [0.05, 0.1) is 18.7 Å². The molecule has 4 heteroatoms. The minimum atomic E-state index is 0. The van der Waals surface area contributed by atoms with Crippen LogP contribution in [0.3, 0.4) is 0 Å². The highest BCUT2D eigenvalue weighted by Gasteiger charge is 2.01. The quantitative estimate of drug-likeness (QED) is 0.783. The van der Waals surface area contributed by atoms with Crippen molar-refractivity contribution in [3.05, 3.63) is 29.3 Å². The number of nitrogens with zero attached hydrogens (tertiary/aromatic N) is 1. The molecule has 1 aromatic carbocycles. The van der Waals surface area contributed by atoms with E-state index in [2.05, 4.69) is 0 Å². The third-order valence-corrected chi connectivity index (χ3v) is 1.64. The Hall–Kier alpha value is -1.24. The first kappa shape index (κ1) is 11.8. The molecule has 0 aromatic heterocycles. The zero-order valence-electron chi connectivity index (χ0n) is 7.28. The minimum absolute atomic E-state index is 0. The molecule has 0 spiro atoms. The molecule has 70 valence electrons. The van der Waals surface area contributed by atoms with E-state index in [1.807, 2.05) is 6.07 Å². The number of halogens is 1. The van der Waals surface area contributed by atoms with E-state index in [1.165, 1.54) is 0 Å². The maximum Gasteiger partial charge on any atom is 0.124 e. The van der Waals surface area contributed by atoms with E-state index in [4.69, 9.17) is 15.7 Å². The molecule has 0 radical (unpaired) electrons. The number of hydrogen-bond acceptors (Lipinski definition) is 3. The molecule has 0 fully saturated rings. The highest BCUT2D eigenvalue weighted by molar-refractivity contribution is 5.85. The van der Waals surface area contributed by atoms with Crippen LogP contribution in [-0.2, 0) is 6.54 Å². The van der Waals surface area contributed by atoms with Gasteiger partial charge in [-0.3, -0.25) is 0 Å². The molecule has 1 aromatic rings. The predicted octanol–water partition coefficient (Wildman–Crippen LogP) is 1.45. The van der Waals surface area contributed by atoms with Crippen LogP contribution in [0, 0.1) is 11.3 Å². The lowest BCUT2D eigenvalue weighted by atomic mass is 10.1. The first-order valence-corrected chi connectivity index (χ1v) is 3.59. The molecule has 0 aliphatic rings. The van der Waals surface area contributed by atoms with E-state index in [9.17, 15) is 0 Å². The average Bonchev–Trinajstić information content (AvgIpc) is 2.16. The molecule has 0 saturated heterocycles. The first-order valence-electron chi connectivity index (χ1n) is 3.59. The largest absolute Gasteiger partial charge is 0.496 e. The van der Waals surface area contributed by atoms with E-state index in [-0.39, 0.29) is 12.4 Å². The second kappa shape index (κ2) is 5.41. The van der Waals surface area contributed by atoms with E-state index in [0.29, 0.717) is 17.9 Å². The smallest absolute Gasteiger partial charge is 0.124 e. The Morgan fingerprint density at radius 3 is 2.69 bits per heavy atom. The summed E-state index contributed by atoms with van der Waals surface area (Å²) in [6, 6.07) is 7.24. The van der Waals surface area contributed by atoms with Crippen LogP contribution in [0.15, 0.2) is 18.2 Å². The summed E-state index contributed by atoms with van der Waals surface area (Å²) in [4.78, 5) is 0. The van der Waals surface area contributed by atoms with Gasteiger partial charge in [0.1, 0.15) is 5.75 Å². The van der Waals surface area contributed by atoms with Crippen molar-refractivity contribution in [3.63, 3.8) is 0 Å². The summed E-state index contributed by atoms with van der Waals surface area (Å²) in [5.74, 6) is 0.677. The molecule has 1 rings (SSSR count). The topological polar surface area (TPSA) is 59.0 Å². The molecular weight excluding hydrogens is 188 g/mol. The Labute approximate surface area is 83.5 Å². The lowest BCUT2D eigenvalue weighted by Crippen LogP contribution is -1.99. The van der Waals surface area contributed by atoms with Gasteiger partial charge >= 0.3 is 0 Å². The lowest BCUT2D eigenvalue weighted by molar-refractivity contribution is 0.409. The maximum absolute atomic E-state index is 8.58. The Morgan fingerprint density at radius 2 is 2.23 bits per heavy atom. The number of ether oxygens (including phenoxy) is 1. The van der Waals surface area contributed by atoms with E-state index < -0.39 is 0 Å². The SMILES string of the molecule is COc1cc(C#N)ccc1CN.Cl. The van der Waals surface area contributed by atoms with Crippen molar-refractivity contribution < 1.29 is 4.74 Å². The highest BCUT2D eigenvalue weighted by Crippen LogP contribution is 2.18. The summed E-state index contributed by atoms with van der Waals surface area (Å²) in [7, 11) is 1.57. The van der Waals surface area contributed by atoms with Crippen molar-refractivity contribution in [2.24, 2.45) is 5.73 Å². The van der Waals surface area contributed by atoms with Crippen LogP contribution in [0.2, 0.25) is 0 Å². The molecule has 0 amide bonds. The van der Waals surface area contributed by atoms with Crippen molar-refractivity contribution in [1.29, 1.82) is 5.26 Å². The molecule has 3 nitrogen and oxygen atoms in total. The Kier molecular flexibility index (Phi) is 4.90. The van der Waals surface area contributed by atoms with Crippen LogP contribution in [-0.4, -0.2) is 7.11 Å². The van der Waals surface area contributed by atoms with Crippen molar-refractivity contribution in [2.75, 3.05) is 7.11 Å². The fourth-order valence-corrected chi connectivity index (χ4v) is 0.983. The molecule has 0 aliphatic carbocycles. The van der Waals surface area contributed by atoms with Gasteiger partial charge in [0.2, 0.25) is 0 Å². The first-order chi connectivity index (χ1) is 5.81. The van der Waals surface area contributed by atoms with Gasteiger partial charge in [0, 0.05) is 12.1 Å². The number of nitriles is 1. The highest BCUT2D eigenvalue weighted by atomic mass is 35.5. The standard InChI is InChI=1S/C9H10N2O.ClH/c1-12-9-4-7(5-10)2-3-8(9)6-11;/h2-4H,6,11H2,1H3;1H. The summed E-state index contributed by atoms with van der Waals surface area (Å²) in [5.41, 5.74) is 6.96. The van der Waals surface area contributed by atoms with Gasteiger partial charge in [0.15, 0.2) is 0 Å². The molecule has 0 bridgehead atoms.